The van der Waals surface area contributed by atoms with Crippen molar-refractivity contribution in [2.75, 3.05) is 5.32 Å². The van der Waals surface area contributed by atoms with Crippen LogP contribution in [0.15, 0.2) is 54.6 Å². The van der Waals surface area contributed by atoms with Gasteiger partial charge in [0, 0.05) is 0 Å². The van der Waals surface area contributed by atoms with Crippen molar-refractivity contribution in [2.45, 2.75) is 16.7 Å². The predicted octanol–water partition coefficient (Wildman–Crippen LogP) is 3.58. The van der Waals surface area contributed by atoms with Crippen molar-refractivity contribution in [1.29, 1.82) is 0 Å². The van der Waals surface area contributed by atoms with Crippen LogP contribution in [0, 0.1) is 0 Å². The van der Waals surface area contributed by atoms with Crippen LogP contribution >= 0.6 is 0 Å². The van der Waals surface area contributed by atoms with E-state index in [0.717, 1.165) is 11.3 Å². The Kier molecular flexibility index (Phi) is 3.41. The van der Waals surface area contributed by atoms with E-state index in [0.29, 0.717) is 0 Å². The van der Waals surface area contributed by atoms with Gasteiger partial charge in [-0.2, -0.15) is 0 Å². The summed E-state index contributed by atoms with van der Waals surface area (Å²) in [6, 6.07) is 18.2. The van der Waals surface area contributed by atoms with Crippen molar-refractivity contribution in [3.8, 4) is 0 Å². The summed E-state index contributed by atoms with van der Waals surface area (Å²) in [5, 5.41) is 3.54. The molecule has 1 aliphatic rings. The van der Waals surface area contributed by atoms with Crippen LogP contribution in [-0.4, -0.2) is 20.7 Å². The number of para-hydroxylation sites is 1. The fraction of sp³-hybridized carbons (Fsp3) is 0.188. The summed E-state index contributed by atoms with van der Waals surface area (Å²) >= 11 is 0.276. The van der Waals surface area contributed by atoms with Gasteiger partial charge >= 0.3 is 119 Å². The molecule has 1 N–H and O–H groups in total. The van der Waals surface area contributed by atoms with Crippen molar-refractivity contribution in [3.05, 3.63) is 65.7 Å². The van der Waals surface area contributed by atoms with Gasteiger partial charge in [0.2, 0.25) is 0 Å². The minimum atomic E-state index is 0.0739. The van der Waals surface area contributed by atoms with Gasteiger partial charge < -0.3 is 0 Å². The molecule has 3 heteroatoms. The fourth-order valence-electron chi connectivity index (χ4n) is 2.53. The van der Waals surface area contributed by atoms with Crippen molar-refractivity contribution >= 4 is 26.4 Å². The standard InChI is InChI=1S/C16H15NOSe/c1-19-16-14(11-7-3-2-4-8-11)17-13-10-6-5-9-12(13)15(16)18/h2-10,14,16-17H,1H3. The molecule has 2 atom stereocenters. The summed E-state index contributed by atoms with van der Waals surface area (Å²) in [5.74, 6) is 2.42. The first-order valence-electron chi connectivity index (χ1n) is 6.29. The van der Waals surface area contributed by atoms with E-state index >= 15 is 0 Å². The Morgan fingerprint density at radius 3 is 2.42 bits per heavy atom. The summed E-state index contributed by atoms with van der Waals surface area (Å²) in [6.07, 6.45) is 0. The zero-order valence-electron chi connectivity index (χ0n) is 10.7. The second-order valence-electron chi connectivity index (χ2n) is 4.60. The molecule has 0 spiro atoms. The SMILES string of the molecule is C[Se]C1C(=O)c2ccccc2NC1c1ccccc1. The Bertz CT molecular complexity index is 597. The van der Waals surface area contributed by atoms with E-state index in [1.807, 2.05) is 42.5 Å². The number of benzene rings is 2. The number of hydrogen-bond donors (Lipinski definition) is 1. The number of hydrogen-bond acceptors (Lipinski definition) is 2. The molecule has 1 aliphatic heterocycles. The summed E-state index contributed by atoms with van der Waals surface area (Å²) < 4.78 is 0. The molecule has 19 heavy (non-hydrogen) atoms. The maximum absolute atomic E-state index is 12.6. The number of Topliss-reactive ketones (excluding diaryl/α,β-unsaturated/α-hetero) is 1. The van der Waals surface area contributed by atoms with Crippen molar-refractivity contribution in [3.63, 3.8) is 0 Å². The van der Waals surface area contributed by atoms with Crippen LogP contribution in [0.2, 0.25) is 10.6 Å². The maximum atomic E-state index is 12.6. The monoisotopic (exact) mass is 317 g/mol. The third-order valence-electron chi connectivity index (χ3n) is 3.48. The molecular weight excluding hydrogens is 301 g/mol. The molecule has 0 saturated heterocycles. The Morgan fingerprint density at radius 2 is 1.68 bits per heavy atom. The molecule has 3 rings (SSSR count). The third kappa shape index (κ3) is 2.20. The van der Waals surface area contributed by atoms with Crippen molar-refractivity contribution < 1.29 is 4.79 Å². The van der Waals surface area contributed by atoms with Crippen molar-refractivity contribution in [2.24, 2.45) is 0 Å². The Morgan fingerprint density at radius 1 is 1.00 bits per heavy atom. The van der Waals surface area contributed by atoms with Gasteiger partial charge in [0.05, 0.1) is 0 Å². The molecular formula is C16H15NOSe. The van der Waals surface area contributed by atoms with Crippen LogP contribution in [0.25, 0.3) is 0 Å². The van der Waals surface area contributed by atoms with Crippen molar-refractivity contribution in [1.82, 2.24) is 0 Å². The van der Waals surface area contributed by atoms with Gasteiger partial charge in [-0.1, -0.05) is 0 Å². The number of rotatable bonds is 2. The Labute approximate surface area is 119 Å². The average Bonchev–Trinajstić information content (AvgIpc) is 2.48. The van der Waals surface area contributed by atoms with Gasteiger partial charge in [0.1, 0.15) is 0 Å². The van der Waals surface area contributed by atoms with Gasteiger partial charge in [-0.15, -0.1) is 0 Å². The van der Waals surface area contributed by atoms with Crippen LogP contribution in [0.3, 0.4) is 0 Å². The van der Waals surface area contributed by atoms with E-state index < -0.39 is 0 Å². The number of carbonyl (C=O) groups excluding carboxylic acids is 1. The zero-order valence-corrected chi connectivity index (χ0v) is 12.4. The number of nitrogens with one attached hydrogen (secondary N) is 1. The van der Waals surface area contributed by atoms with E-state index in [2.05, 4.69) is 23.3 Å². The number of ketones is 1. The molecule has 0 amide bonds. The van der Waals surface area contributed by atoms with E-state index in [4.69, 9.17) is 0 Å². The second-order valence-corrected chi connectivity index (χ2v) is 6.65. The molecule has 1 heterocycles. The summed E-state index contributed by atoms with van der Waals surface area (Å²) in [7, 11) is 0. The fourth-order valence-corrected chi connectivity index (χ4v) is 4.29. The molecule has 0 aliphatic carbocycles. The van der Waals surface area contributed by atoms with E-state index in [1.54, 1.807) is 0 Å². The van der Waals surface area contributed by atoms with Crippen LogP contribution in [0.4, 0.5) is 5.69 Å². The third-order valence-corrected chi connectivity index (χ3v) is 5.56. The topological polar surface area (TPSA) is 29.1 Å². The number of anilines is 1. The van der Waals surface area contributed by atoms with Crippen LogP contribution < -0.4 is 5.32 Å². The summed E-state index contributed by atoms with van der Waals surface area (Å²) in [4.78, 5) is 12.7. The second kappa shape index (κ2) is 5.20. The predicted molar refractivity (Wildman–Crippen MR) is 78.9 cm³/mol. The first kappa shape index (κ1) is 12.5. The number of fused-ring (bicyclic) bond motifs is 1. The van der Waals surface area contributed by atoms with E-state index in [9.17, 15) is 4.79 Å². The molecule has 0 radical (unpaired) electrons. The first-order valence-corrected chi connectivity index (χ1v) is 8.99. The molecule has 0 saturated carbocycles. The normalized spacial score (nSPS) is 21.6. The minimum absolute atomic E-state index is 0.0739. The van der Waals surface area contributed by atoms with Gasteiger partial charge in [-0.25, -0.2) is 0 Å². The van der Waals surface area contributed by atoms with Gasteiger partial charge in [-0.05, 0) is 0 Å². The van der Waals surface area contributed by atoms with Gasteiger partial charge in [0.25, 0.3) is 0 Å². The molecule has 2 aromatic carbocycles. The Balaban J connectivity index is 2.05. The number of carbonyl (C=O) groups is 1. The van der Waals surface area contributed by atoms with E-state index in [1.165, 1.54) is 5.56 Å². The Hall–Kier alpha value is -1.57. The molecule has 0 bridgehead atoms. The first-order chi connectivity index (χ1) is 9.31. The molecule has 2 unspecified atom stereocenters. The molecule has 0 fully saturated rings. The average molecular weight is 316 g/mol. The summed E-state index contributed by atoms with van der Waals surface area (Å²) in [6.45, 7) is 0. The molecule has 2 nitrogen and oxygen atoms in total. The van der Waals surface area contributed by atoms with E-state index in [-0.39, 0.29) is 31.6 Å². The van der Waals surface area contributed by atoms with Crippen LogP contribution in [0.5, 0.6) is 0 Å². The zero-order chi connectivity index (χ0) is 13.2. The molecule has 0 aromatic heterocycles. The molecule has 96 valence electrons. The van der Waals surface area contributed by atoms with Crippen LogP contribution in [0.1, 0.15) is 22.0 Å². The van der Waals surface area contributed by atoms with Gasteiger partial charge in [-0.3, -0.25) is 0 Å². The van der Waals surface area contributed by atoms with Crippen LogP contribution in [-0.2, 0) is 0 Å². The quantitative estimate of drug-likeness (QED) is 0.858. The summed E-state index contributed by atoms with van der Waals surface area (Å²) in [5.41, 5.74) is 2.99. The van der Waals surface area contributed by atoms with Gasteiger partial charge in [0.15, 0.2) is 0 Å². The molecule has 2 aromatic rings.